The molecule has 0 aliphatic heterocycles. The first-order valence-electron chi connectivity index (χ1n) is 5.23. The molecule has 1 atom stereocenters. The number of hydrogen-bond donors (Lipinski definition) is 2. The minimum absolute atomic E-state index is 0.102. The molecule has 1 unspecified atom stereocenters. The van der Waals surface area contributed by atoms with Gasteiger partial charge in [0, 0.05) is 12.5 Å². The number of hydrogen-bond acceptors (Lipinski definition) is 2. The Labute approximate surface area is 98.2 Å². The van der Waals surface area contributed by atoms with Gasteiger partial charge < -0.3 is 10.8 Å². The molecule has 0 aliphatic carbocycles. The molecule has 0 aliphatic rings. The largest absolute Gasteiger partial charge is 0.480 e. The SMILES string of the molecule is CC(C)C(N)(Cc1ccc(F)cc1F)C(=O)O. The average molecular weight is 243 g/mol. The van der Waals surface area contributed by atoms with E-state index in [9.17, 15) is 13.6 Å². The van der Waals surface area contributed by atoms with Gasteiger partial charge >= 0.3 is 5.97 Å². The fourth-order valence-electron chi connectivity index (χ4n) is 1.51. The molecule has 17 heavy (non-hydrogen) atoms. The maximum Gasteiger partial charge on any atom is 0.324 e. The van der Waals surface area contributed by atoms with Crippen LogP contribution in [0.2, 0.25) is 0 Å². The van der Waals surface area contributed by atoms with Crippen molar-refractivity contribution in [3.8, 4) is 0 Å². The highest BCUT2D eigenvalue weighted by Gasteiger charge is 2.38. The van der Waals surface area contributed by atoms with Crippen LogP contribution in [-0.2, 0) is 11.2 Å². The van der Waals surface area contributed by atoms with Crippen molar-refractivity contribution in [2.45, 2.75) is 25.8 Å². The minimum atomic E-state index is -1.56. The summed E-state index contributed by atoms with van der Waals surface area (Å²) in [5.74, 6) is -3.05. The molecule has 1 aromatic rings. The first-order chi connectivity index (χ1) is 7.77. The molecule has 0 fully saturated rings. The smallest absolute Gasteiger partial charge is 0.324 e. The van der Waals surface area contributed by atoms with Crippen LogP contribution in [-0.4, -0.2) is 16.6 Å². The van der Waals surface area contributed by atoms with Crippen molar-refractivity contribution in [2.24, 2.45) is 11.7 Å². The quantitative estimate of drug-likeness (QED) is 0.849. The molecule has 3 nitrogen and oxygen atoms in total. The van der Waals surface area contributed by atoms with E-state index < -0.39 is 23.1 Å². The third-order valence-electron chi connectivity index (χ3n) is 2.93. The highest BCUT2D eigenvalue weighted by atomic mass is 19.1. The zero-order valence-corrected chi connectivity index (χ0v) is 9.71. The van der Waals surface area contributed by atoms with E-state index in [0.717, 1.165) is 12.1 Å². The maximum atomic E-state index is 13.4. The second-order valence-corrected chi connectivity index (χ2v) is 4.41. The first-order valence-corrected chi connectivity index (χ1v) is 5.23. The van der Waals surface area contributed by atoms with Gasteiger partial charge in [0.25, 0.3) is 0 Å². The Kier molecular flexibility index (Phi) is 3.83. The van der Waals surface area contributed by atoms with E-state index in [4.69, 9.17) is 10.8 Å². The molecular formula is C12H15F2NO2. The van der Waals surface area contributed by atoms with Crippen molar-refractivity contribution in [1.29, 1.82) is 0 Å². The number of benzene rings is 1. The summed E-state index contributed by atoms with van der Waals surface area (Å²) in [4.78, 5) is 11.1. The van der Waals surface area contributed by atoms with Gasteiger partial charge in [-0.1, -0.05) is 19.9 Å². The molecule has 0 aromatic heterocycles. The van der Waals surface area contributed by atoms with Crippen LogP contribution < -0.4 is 5.73 Å². The Morgan fingerprint density at radius 2 is 2.06 bits per heavy atom. The average Bonchev–Trinajstić information content (AvgIpc) is 2.21. The molecule has 0 radical (unpaired) electrons. The minimum Gasteiger partial charge on any atom is -0.480 e. The molecule has 0 saturated heterocycles. The zero-order valence-electron chi connectivity index (χ0n) is 9.71. The molecule has 0 heterocycles. The lowest BCUT2D eigenvalue weighted by Crippen LogP contribution is -2.54. The van der Waals surface area contributed by atoms with Crippen molar-refractivity contribution in [1.82, 2.24) is 0 Å². The fourth-order valence-corrected chi connectivity index (χ4v) is 1.51. The van der Waals surface area contributed by atoms with E-state index in [1.165, 1.54) is 6.07 Å². The van der Waals surface area contributed by atoms with E-state index in [2.05, 4.69) is 0 Å². The Bertz CT molecular complexity index is 435. The van der Waals surface area contributed by atoms with Crippen LogP contribution in [0.1, 0.15) is 19.4 Å². The maximum absolute atomic E-state index is 13.4. The molecule has 0 amide bonds. The van der Waals surface area contributed by atoms with Crippen LogP contribution in [0.3, 0.4) is 0 Å². The van der Waals surface area contributed by atoms with Crippen LogP contribution in [0.15, 0.2) is 18.2 Å². The van der Waals surface area contributed by atoms with Gasteiger partial charge in [0.15, 0.2) is 0 Å². The molecule has 94 valence electrons. The van der Waals surface area contributed by atoms with Crippen molar-refractivity contribution in [3.05, 3.63) is 35.4 Å². The number of carboxylic acid groups (broad SMARTS) is 1. The van der Waals surface area contributed by atoms with Crippen molar-refractivity contribution in [3.63, 3.8) is 0 Å². The highest BCUT2D eigenvalue weighted by Crippen LogP contribution is 2.22. The second kappa shape index (κ2) is 4.79. The standard InChI is InChI=1S/C12H15F2NO2/c1-7(2)12(15,11(16)17)6-8-3-4-9(13)5-10(8)14/h3-5,7H,6,15H2,1-2H3,(H,16,17). The van der Waals surface area contributed by atoms with Crippen LogP contribution in [0, 0.1) is 17.6 Å². The summed E-state index contributed by atoms with van der Waals surface area (Å²) in [6.07, 6.45) is -0.174. The summed E-state index contributed by atoms with van der Waals surface area (Å²) in [7, 11) is 0. The molecule has 0 bridgehead atoms. The van der Waals surface area contributed by atoms with Gasteiger partial charge in [0.1, 0.15) is 17.2 Å². The third kappa shape index (κ3) is 2.79. The van der Waals surface area contributed by atoms with Crippen LogP contribution >= 0.6 is 0 Å². The summed E-state index contributed by atoms with van der Waals surface area (Å²) >= 11 is 0. The lowest BCUT2D eigenvalue weighted by molar-refractivity contribution is -0.145. The molecule has 0 spiro atoms. The fraction of sp³-hybridized carbons (Fsp3) is 0.417. The third-order valence-corrected chi connectivity index (χ3v) is 2.93. The Morgan fingerprint density at radius 1 is 1.47 bits per heavy atom. The van der Waals surface area contributed by atoms with Crippen molar-refractivity contribution < 1.29 is 18.7 Å². The Hall–Kier alpha value is -1.49. The predicted octanol–water partition coefficient (Wildman–Crippen LogP) is 1.95. The lowest BCUT2D eigenvalue weighted by atomic mass is 9.82. The topological polar surface area (TPSA) is 63.3 Å². The highest BCUT2D eigenvalue weighted by molar-refractivity contribution is 5.79. The van der Waals surface area contributed by atoms with E-state index in [1.54, 1.807) is 13.8 Å². The summed E-state index contributed by atoms with van der Waals surface area (Å²) in [5.41, 5.74) is 4.31. The Morgan fingerprint density at radius 3 is 2.47 bits per heavy atom. The molecule has 5 heteroatoms. The van der Waals surface area contributed by atoms with Gasteiger partial charge in [-0.15, -0.1) is 0 Å². The van der Waals surface area contributed by atoms with Gasteiger partial charge in [-0.25, -0.2) is 8.78 Å². The first kappa shape index (κ1) is 13.6. The normalized spacial score (nSPS) is 14.7. The zero-order chi connectivity index (χ0) is 13.2. The van der Waals surface area contributed by atoms with Gasteiger partial charge in [0.2, 0.25) is 0 Å². The number of nitrogens with two attached hydrogens (primary N) is 1. The van der Waals surface area contributed by atoms with Crippen molar-refractivity contribution in [2.75, 3.05) is 0 Å². The summed E-state index contributed by atoms with van der Waals surface area (Å²) in [5, 5.41) is 9.09. The van der Waals surface area contributed by atoms with Crippen LogP contribution in [0.25, 0.3) is 0 Å². The molecular weight excluding hydrogens is 228 g/mol. The Balaban J connectivity index is 3.07. The van der Waals surface area contributed by atoms with Gasteiger partial charge in [-0.05, 0) is 17.5 Å². The van der Waals surface area contributed by atoms with Crippen molar-refractivity contribution >= 4 is 5.97 Å². The molecule has 0 saturated carbocycles. The lowest BCUT2D eigenvalue weighted by Gasteiger charge is -2.29. The molecule has 3 N–H and O–H groups in total. The summed E-state index contributed by atoms with van der Waals surface area (Å²) < 4.78 is 26.1. The summed E-state index contributed by atoms with van der Waals surface area (Å²) in [6, 6.07) is 3.02. The number of halogens is 2. The van der Waals surface area contributed by atoms with Gasteiger partial charge in [-0.3, -0.25) is 4.79 Å². The van der Waals surface area contributed by atoms with E-state index in [0.29, 0.717) is 0 Å². The number of carbonyl (C=O) groups is 1. The number of aliphatic carboxylic acids is 1. The summed E-state index contributed by atoms with van der Waals surface area (Å²) in [6.45, 7) is 3.30. The molecule has 1 rings (SSSR count). The monoisotopic (exact) mass is 243 g/mol. The number of carboxylic acids is 1. The second-order valence-electron chi connectivity index (χ2n) is 4.41. The van der Waals surface area contributed by atoms with Crippen LogP contribution in [0.5, 0.6) is 0 Å². The molecule has 1 aromatic carbocycles. The predicted molar refractivity (Wildman–Crippen MR) is 59.5 cm³/mol. The van der Waals surface area contributed by atoms with Gasteiger partial charge in [0.05, 0.1) is 0 Å². The van der Waals surface area contributed by atoms with E-state index >= 15 is 0 Å². The van der Waals surface area contributed by atoms with E-state index in [1.807, 2.05) is 0 Å². The van der Waals surface area contributed by atoms with Crippen LogP contribution in [0.4, 0.5) is 8.78 Å². The van der Waals surface area contributed by atoms with Gasteiger partial charge in [-0.2, -0.15) is 0 Å². The van der Waals surface area contributed by atoms with E-state index in [-0.39, 0.29) is 17.9 Å². The number of rotatable bonds is 4.